The predicted molar refractivity (Wildman–Crippen MR) is 84.8 cm³/mol. The van der Waals surface area contributed by atoms with E-state index in [-0.39, 0.29) is 30.1 Å². The van der Waals surface area contributed by atoms with E-state index in [1.165, 1.54) is 19.2 Å². The van der Waals surface area contributed by atoms with Crippen LogP contribution in [0.4, 0.5) is 8.78 Å². The SMILES string of the molecule is COC(=O)CC1(NC(=O)[C@H]2C[C@@H]2c2ccc(F)cc2F)CCOCC1. The van der Waals surface area contributed by atoms with E-state index in [4.69, 9.17) is 9.47 Å². The Bertz CT molecular complexity index is 673. The van der Waals surface area contributed by atoms with Gasteiger partial charge in [0, 0.05) is 25.2 Å². The second-order valence-corrected chi connectivity index (χ2v) is 6.75. The fraction of sp³-hybridized carbons (Fsp3) is 0.556. The molecule has 7 heteroatoms. The first kappa shape index (κ1) is 17.8. The summed E-state index contributed by atoms with van der Waals surface area (Å²) in [6, 6.07) is 3.42. The smallest absolute Gasteiger partial charge is 0.307 e. The molecule has 2 fully saturated rings. The van der Waals surface area contributed by atoms with E-state index in [0.717, 1.165) is 6.07 Å². The van der Waals surface area contributed by atoms with E-state index in [1.807, 2.05) is 0 Å². The average Bonchev–Trinajstić information content (AvgIpc) is 3.36. The molecule has 1 aliphatic heterocycles. The lowest BCUT2D eigenvalue weighted by atomic mass is 9.86. The number of rotatable bonds is 5. The Morgan fingerprint density at radius 1 is 1.32 bits per heavy atom. The van der Waals surface area contributed by atoms with Crippen molar-refractivity contribution in [1.29, 1.82) is 0 Å². The summed E-state index contributed by atoms with van der Waals surface area (Å²) in [7, 11) is 1.31. The molecular weight excluding hydrogens is 332 g/mol. The second-order valence-electron chi connectivity index (χ2n) is 6.75. The lowest BCUT2D eigenvalue weighted by Gasteiger charge is -2.37. The van der Waals surface area contributed by atoms with Gasteiger partial charge in [0.05, 0.1) is 19.1 Å². The third kappa shape index (κ3) is 3.98. The lowest BCUT2D eigenvalue weighted by molar-refractivity contribution is -0.144. The van der Waals surface area contributed by atoms with Gasteiger partial charge in [0.15, 0.2) is 0 Å². The van der Waals surface area contributed by atoms with Gasteiger partial charge in [-0.2, -0.15) is 0 Å². The van der Waals surface area contributed by atoms with Gasteiger partial charge in [-0.15, -0.1) is 0 Å². The van der Waals surface area contributed by atoms with Crippen molar-refractivity contribution in [3.05, 3.63) is 35.4 Å². The summed E-state index contributed by atoms with van der Waals surface area (Å²) in [6.45, 7) is 0.913. The third-order valence-electron chi connectivity index (χ3n) is 5.04. The summed E-state index contributed by atoms with van der Waals surface area (Å²) < 4.78 is 37.0. The summed E-state index contributed by atoms with van der Waals surface area (Å²) >= 11 is 0. The Balaban J connectivity index is 1.67. The van der Waals surface area contributed by atoms with Crippen molar-refractivity contribution < 1.29 is 27.8 Å². The molecule has 1 aliphatic carbocycles. The first-order valence-corrected chi connectivity index (χ1v) is 8.36. The van der Waals surface area contributed by atoms with Gasteiger partial charge in [0.25, 0.3) is 0 Å². The lowest BCUT2D eigenvalue weighted by Crippen LogP contribution is -2.53. The molecular formula is C18H21F2NO4. The van der Waals surface area contributed by atoms with Crippen LogP contribution in [0.25, 0.3) is 0 Å². The second kappa shape index (κ2) is 7.07. The van der Waals surface area contributed by atoms with Gasteiger partial charge in [-0.1, -0.05) is 6.07 Å². The Kier molecular flexibility index (Phi) is 5.03. The first-order valence-electron chi connectivity index (χ1n) is 8.36. The zero-order chi connectivity index (χ0) is 18.0. The van der Waals surface area contributed by atoms with Crippen LogP contribution in [0.15, 0.2) is 18.2 Å². The molecule has 1 amide bonds. The number of benzene rings is 1. The minimum absolute atomic E-state index is 0.0842. The zero-order valence-electron chi connectivity index (χ0n) is 14.0. The van der Waals surface area contributed by atoms with Gasteiger partial charge >= 0.3 is 5.97 Å². The van der Waals surface area contributed by atoms with Crippen molar-refractivity contribution in [2.75, 3.05) is 20.3 Å². The normalized spacial score (nSPS) is 24.4. The van der Waals surface area contributed by atoms with Crippen molar-refractivity contribution in [3.8, 4) is 0 Å². The van der Waals surface area contributed by atoms with Crippen LogP contribution in [-0.2, 0) is 19.1 Å². The van der Waals surface area contributed by atoms with Gasteiger partial charge in [-0.05, 0) is 36.8 Å². The number of halogens is 2. The Morgan fingerprint density at radius 2 is 2.04 bits per heavy atom. The molecule has 3 rings (SSSR count). The van der Waals surface area contributed by atoms with Gasteiger partial charge in [0.1, 0.15) is 11.6 Å². The average molecular weight is 353 g/mol. The molecule has 2 aliphatic rings. The number of ether oxygens (including phenoxy) is 2. The highest BCUT2D eigenvalue weighted by atomic mass is 19.1. The Labute approximate surface area is 144 Å². The number of nitrogens with one attached hydrogen (secondary N) is 1. The van der Waals surface area contributed by atoms with Crippen LogP contribution in [0, 0.1) is 17.6 Å². The summed E-state index contributed by atoms with van der Waals surface area (Å²) in [6.07, 6.45) is 1.65. The maximum Gasteiger partial charge on any atom is 0.307 e. The topological polar surface area (TPSA) is 64.6 Å². The molecule has 1 aromatic carbocycles. The molecule has 1 N–H and O–H groups in total. The number of esters is 1. The molecule has 0 unspecified atom stereocenters. The molecule has 1 saturated carbocycles. The van der Waals surface area contributed by atoms with Gasteiger partial charge in [-0.25, -0.2) is 8.78 Å². The van der Waals surface area contributed by atoms with Crippen LogP contribution in [0.2, 0.25) is 0 Å². The maximum atomic E-state index is 13.9. The summed E-state index contributed by atoms with van der Waals surface area (Å²) in [5.41, 5.74) is -0.327. The molecule has 0 radical (unpaired) electrons. The predicted octanol–water partition coefficient (Wildman–Crippen LogP) is 2.30. The quantitative estimate of drug-likeness (QED) is 0.825. The standard InChI is InChI=1S/C18H21F2NO4/c1-24-16(22)10-18(4-6-25-7-5-18)21-17(23)14-9-13(14)12-3-2-11(19)8-15(12)20/h2-3,8,13-14H,4-7,9-10H2,1H3,(H,21,23)/t13-,14+/m1/s1. The van der Waals surface area contributed by atoms with Crippen LogP contribution < -0.4 is 5.32 Å². The highest BCUT2D eigenvalue weighted by Crippen LogP contribution is 2.49. The molecule has 0 aromatic heterocycles. The van der Waals surface area contributed by atoms with Gasteiger partial charge in [-0.3, -0.25) is 9.59 Å². The van der Waals surface area contributed by atoms with E-state index in [9.17, 15) is 18.4 Å². The van der Waals surface area contributed by atoms with E-state index < -0.39 is 17.2 Å². The summed E-state index contributed by atoms with van der Waals surface area (Å²) in [5, 5.41) is 2.97. The van der Waals surface area contributed by atoms with Crippen LogP contribution in [-0.4, -0.2) is 37.7 Å². The third-order valence-corrected chi connectivity index (χ3v) is 5.04. The molecule has 136 valence electrons. The van der Waals surface area contributed by atoms with E-state index in [2.05, 4.69) is 5.32 Å². The van der Waals surface area contributed by atoms with Gasteiger partial charge < -0.3 is 14.8 Å². The van der Waals surface area contributed by atoms with Crippen molar-refractivity contribution >= 4 is 11.9 Å². The van der Waals surface area contributed by atoms with Crippen molar-refractivity contribution in [2.24, 2.45) is 5.92 Å². The molecule has 1 heterocycles. The first-order chi connectivity index (χ1) is 11.9. The fourth-order valence-corrected chi connectivity index (χ4v) is 3.44. The molecule has 0 spiro atoms. The minimum Gasteiger partial charge on any atom is -0.469 e. The largest absolute Gasteiger partial charge is 0.469 e. The summed E-state index contributed by atoms with van der Waals surface area (Å²) in [4.78, 5) is 24.3. The Hall–Kier alpha value is -2.02. The van der Waals surface area contributed by atoms with Crippen LogP contribution >= 0.6 is 0 Å². The molecule has 5 nitrogen and oxygen atoms in total. The number of methoxy groups -OCH3 is 1. The molecule has 0 bridgehead atoms. The van der Waals surface area contributed by atoms with Crippen LogP contribution in [0.5, 0.6) is 0 Å². The Morgan fingerprint density at radius 3 is 2.68 bits per heavy atom. The van der Waals surface area contributed by atoms with Crippen LogP contribution in [0.3, 0.4) is 0 Å². The van der Waals surface area contributed by atoms with E-state index >= 15 is 0 Å². The maximum absolute atomic E-state index is 13.9. The minimum atomic E-state index is -0.684. The van der Waals surface area contributed by atoms with Crippen molar-refractivity contribution in [3.63, 3.8) is 0 Å². The van der Waals surface area contributed by atoms with Crippen molar-refractivity contribution in [2.45, 2.75) is 37.1 Å². The molecule has 1 saturated heterocycles. The number of amides is 1. The zero-order valence-corrected chi connectivity index (χ0v) is 14.0. The number of carbonyl (C=O) groups is 2. The molecule has 25 heavy (non-hydrogen) atoms. The fourth-order valence-electron chi connectivity index (χ4n) is 3.44. The molecule has 1 aromatic rings. The number of hydrogen-bond acceptors (Lipinski definition) is 4. The number of carbonyl (C=O) groups excluding carboxylic acids is 2. The molecule has 2 atom stereocenters. The number of hydrogen-bond donors (Lipinski definition) is 1. The monoisotopic (exact) mass is 353 g/mol. The van der Waals surface area contributed by atoms with E-state index in [1.54, 1.807) is 0 Å². The van der Waals surface area contributed by atoms with Crippen molar-refractivity contribution in [1.82, 2.24) is 5.32 Å². The van der Waals surface area contributed by atoms with E-state index in [0.29, 0.717) is 38.0 Å². The van der Waals surface area contributed by atoms with Gasteiger partial charge in [0.2, 0.25) is 5.91 Å². The van der Waals surface area contributed by atoms with Crippen LogP contribution in [0.1, 0.15) is 37.2 Å². The highest BCUT2D eigenvalue weighted by molar-refractivity contribution is 5.84. The summed E-state index contributed by atoms with van der Waals surface area (Å²) in [5.74, 6) is -2.48. The highest BCUT2D eigenvalue weighted by Gasteiger charge is 2.48.